The lowest BCUT2D eigenvalue weighted by Crippen LogP contribution is -3.15. The number of aliphatic hydroxyl groups excluding tert-OH is 1. The molecule has 0 unspecified atom stereocenters. The molecule has 6 nitrogen and oxygen atoms in total. The van der Waals surface area contributed by atoms with E-state index >= 15 is 0 Å². The van der Waals surface area contributed by atoms with Crippen LogP contribution in [0.15, 0.2) is 29.2 Å². The lowest BCUT2D eigenvalue weighted by atomic mass is 10.2. The summed E-state index contributed by atoms with van der Waals surface area (Å²) >= 11 is 0. The van der Waals surface area contributed by atoms with Crippen LogP contribution in [0.3, 0.4) is 0 Å². The van der Waals surface area contributed by atoms with Gasteiger partial charge in [-0.1, -0.05) is 12.1 Å². The van der Waals surface area contributed by atoms with Crippen molar-refractivity contribution >= 4 is 15.8 Å². The van der Waals surface area contributed by atoms with Crippen LogP contribution in [0.25, 0.3) is 0 Å². The van der Waals surface area contributed by atoms with Gasteiger partial charge in [-0.15, -0.1) is 0 Å². The molecule has 1 saturated heterocycles. The predicted molar refractivity (Wildman–Crippen MR) is 77.9 cm³/mol. The molecule has 2 N–H and O–H groups in total. The van der Waals surface area contributed by atoms with Gasteiger partial charge in [-0.25, -0.2) is 8.42 Å². The van der Waals surface area contributed by atoms with Crippen molar-refractivity contribution in [2.45, 2.75) is 11.8 Å². The van der Waals surface area contributed by atoms with E-state index in [0.717, 1.165) is 0 Å². The van der Waals surface area contributed by atoms with Gasteiger partial charge in [0.05, 0.1) is 37.7 Å². The number of hydrogen-bond donors (Lipinski definition) is 2. The Kier molecular flexibility index (Phi) is 5.10. The third kappa shape index (κ3) is 3.68. The van der Waals surface area contributed by atoms with Gasteiger partial charge < -0.3 is 10.0 Å². The Morgan fingerprint density at radius 3 is 2.29 bits per heavy atom. The largest absolute Gasteiger partial charge is 0.391 e. The number of ketones is 1. The van der Waals surface area contributed by atoms with E-state index in [4.69, 9.17) is 5.11 Å². The van der Waals surface area contributed by atoms with Crippen molar-refractivity contribution in [1.29, 1.82) is 0 Å². The zero-order valence-corrected chi connectivity index (χ0v) is 12.9. The quantitative estimate of drug-likeness (QED) is 0.667. The first-order valence-corrected chi connectivity index (χ1v) is 8.44. The molecule has 21 heavy (non-hydrogen) atoms. The first-order valence-electron chi connectivity index (χ1n) is 7.00. The van der Waals surface area contributed by atoms with Gasteiger partial charge in [-0.2, -0.15) is 4.31 Å². The molecule has 7 heteroatoms. The molecule has 0 atom stereocenters. The average molecular weight is 313 g/mol. The SMILES string of the molecule is CC(=O)c1ccc(S(=O)(=O)N2CC[NH+](CCO)CC2)cc1. The van der Waals surface area contributed by atoms with Gasteiger partial charge in [0.25, 0.3) is 0 Å². The summed E-state index contributed by atoms with van der Waals surface area (Å²) in [6.07, 6.45) is 0. The zero-order valence-electron chi connectivity index (χ0n) is 12.1. The normalized spacial score (nSPS) is 17.8. The molecule has 1 aromatic carbocycles. The highest BCUT2D eigenvalue weighted by atomic mass is 32.2. The second kappa shape index (κ2) is 6.65. The molecule has 1 fully saturated rings. The van der Waals surface area contributed by atoms with Crippen molar-refractivity contribution in [1.82, 2.24) is 4.31 Å². The molecule has 0 saturated carbocycles. The fourth-order valence-corrected chi connectivity index (χ4v) is 3.90. The fraction of sp³-hybridized carbons (Fsp3) is 0.500. The second-order valence-corrected chi connectivity index (χ2v) is 7.15. The number of nitrogens with zero attached hydrogens (tertiary/aromatic N) is 1. The minimum atomic E-state index is -3.50. The Labute approximate surface area is 125 Å². The molecule has 0 spiro atoms. The van der Waals surface area contributed by atoms with E-state index in [0.29, 0.717) is 38.3 Å². The van der Waals surface area contributed by atoms with Crippen LogP contribution >= 0.6 is 0 Å². The van der Waals surface area contributed by atoms with E-state index in [-0.39, 0.29) is 17.3 Å². The maximum absolute atomic E-state index is 12.5. The first-order chi connectivity index (χ1) is 9.95. The molecule has 1 aromatic rings. The van der Waals surface area contributed by atoms with Gasteiger partial charge >= 0.3 is 0 Å². The number of rotatable bonds is 5. The van der Waals surface area contributed by atoms with Crippen LogP contribution in [0, 0.1) is 0 Å². The molecule has 0 aromatic heterocycles. The Morgan fingerprint density at radius 2 is 1.81 bits per heavy atom. The number of hydrogen-bond acceptors (Lipinski definition) is 4. The maximum atomic E-state index is 12.5. The average Bonchev–Trinajstić information content (AvgIpc) is 2.48. The Bertz CT molecular complexity index is 590. The van der Waals surface area contributed by atoms with Gasteiger partial charge in [-0.05, 0) is 19.1 Å². The third-order valence-corrected chi connectivity index (χ3v) is 5.71. The van der Waals surface area contributed by atoms with Crippen LogP contribution in [0.4, 0.5) is 0 Å². The summed E-state index contributed by atoms with van der Waals surface area (Å²) in [6, 6.07) is 6.06. The maximum Gasteiger partial charge on any atom is 0.243 e. The number of Topliss-reactive ketones (excluding diaryl/α,β-unsaturated/α-hetero) is 1. The Morgan fingerprint density at radius 1 is 1.24 bits per heavy atom. The summed E-state index contributed by atoms with van der Waals surface area (Å²) in [5.41, 5.74) is 0.506. The topological polar surface area (TPSA) is 79.1 Å². The van der Waals surface area contributed by atoms with Crippen molar-refractivity contribution in [3.63, 3.8) is 0 Å². The molecule has 116 valence electrons. The molecule has 0 aliphatic carbocycles. The van der Waals surface area contributed by atoms with Crippen LogP contribution in [0.2, 0.25) is 0 Å². The van der Waals surface area contributed by atoms with Crippen LogP contribution in [-0.4, -0.2) is 62.9 Å². The third-order valence-electron chi connectivity index (χ3n) is 3.79. The van der Waals surface area contributed by atoms with Crippen molar-refractivity contribution in [2.24, 2.45) is 0 Å². The molecule has 0 amide bonds. The fourth-order valence-electron chi connectivity index (χ4n) is 2.46. The van der Waals surface area contributed by atoms with Crippen LogP contribution < -0.4 is 4.90 Å². The van der Waals surface area contributed by atoms with Crippen LogP contribution in [0.5, 0.6) is 0 Å². The summed E-state index contributed by atoms with van der Waals surface area (Å²) in [6.45, 7) is 4.53. The smallest absolute Gasteiger partial charge is 0.243 e. The van der Waals surface area contributed by atoms with E-state index < -0.39 is 10.0 Å². The molecule has 0 bridgehead atoms. The molecule has 2 rings (SSSR count). The van der Waals surface area contributed by atoms with Crippen molar-refractivity contribution in [3.05, 3.63) is 29.8 Å². The lowest BCUT2D eigenvalue weighted by Gasteiger charge is -2.31. The predicted octanol–water partition coefficient (Wildman–Crippen LogP) is -1.23. The standard InChI is InChI=1S/C14H20N2O4S/c1-12(18)13-2-4-14(5-3-13)21(19,20)16-8-6-15(7-9-16)10-11-17/h2-5,17H,6-11H2,1H3/p+1. The summed E-state index contributed by atoms with van der Waals surface area (Å²) in [7, 11) is -3.50. The van der Waals surface area contributed by atoms with Gasteiger partial charge in [0.15, 0.2) is 5.78 Å². The number of aliphatic hydroxyl groups is 1. The summed E-state index contributed by atoms with van der Waals surface area (Å²) in [5.74, 6) is -0.0832. The highest BCUT2D eigenvalue weighted by molar-refractivity contribution is 7.89. The molecular formula is C14H21N2O4S+. The molecule has 0 radical (unpaired) electrons. The zero-order chi connectivity index (χ0) is 15.5. The summed E-state index contributed by atoms with van der Waals surface area (Å²) < 4.78 is 26.5. The van der Waals surface area contributed by atoms with E-state index in [2.05, 4.69) is 0 Å². The van der Waals surface area contributed by atoms with E-state index in [1.165, 1.54) is 28.3 Å². The van der Waals surface area contributed by atoms with Crippen LogP contribution in [-0.2, 0) is 10.0 Å². The number of piperazine rings is 1. The number of quaternary nitrogens is 1. The number of carbonyl (C=O) groups is 1. The highest BCUT2D eigenvalue weighted by Crippen LogP contribution is 2.16. The van der Waals surface area contributed by atoms with Crippen LogP contribution in [0.1, 0.15) is 17.3 Å². The van der Waals surface area contributed by atoms with Crippen molar-refractivity contribution in [2.75, 3.05) is 39.3 Å². The number of nitrogens with one attached hydrogen (secondary N) is 1. The number of benzene rings is 1. The van der Waals surface area contributed by atoms with E-state index in [1.807, 2.05) is 0 Å². The monoisotopic (exact) mass is 313 g/mol. The highest BCUT2D eigenvalue weighted by Gasteiger charge is 2.30. The lowest BCUT2D eigenvalue weighted by molar-refractivity contribution is -0.904. The minimum absolute atomic E-state index is 0.0832. The minimum Gasteiger partial charge on any atom is -0.391 e. The molecule has 1 heterocycles. The van der Waals surface area contributed by atoms with Gasteiger partial charge in [0, 0.05) is 5.56 Å². The Hall–Kier alpha value is -1.28. The van der Waals surface area contributed by atoms with Gasteiger partial charge in [0.1, 0.15) is 6.54 Å². The van der Waals surface area contributed by atoms with E-state index in [9.17, 15) is 13.2 Å². The Balaban J connectivity index is 2.10. The number of sulfonamides is 1. The molecular weight excluding hydrogens is 292 g/mol. The van der Waals surface area contributed by atoms with Crippen molar-refractivity contribution < 1.29 is 23.2 Å². The van der Waals surface area contributed by atoms with Gasteiger partial charge in [0.2, 0.25) is 10.0 Å². The van der Waals surface area contributed by atoms with Crippen molar-refractivity contribution in [3.8, 4) is 0 Å². The number of carbonyl (C=O) groups excluding carboxylic acids is 1. The summed E-state index contributed by atoms with van der Waals surface area (Å²) in [5, 5.41) is 8.91. The summed E-state index contributed by atoms with van der Waals surface area (Å²) in [4.78, 5) is 12.7. The van der Waals surface area contributed by atoms with Gasteiger partial charge in [-0.3, -0.25) is 4.79 Å². The van der Waals surface area contributed by atoms with E-state index in [1.54, 1.807) is 12.1 Å². The molecule has 1 aliphatic rings. The second-order valence-electron chi connectivity index (χ2n) is 5.21. The molecule has 1 aliphatic heterocycles. The first kappa shape index (κ1) is 16.1.